The van der Waals surface area contributed by atoms with Gasteiger partial charge in [-0.25, -0.2) is 0 Å². The lowest BCUT2D eigenvalue weighted by atomic mass is 9.89. The van der Waals surface area contributed by atoms with E-state index >= 15 is 0 Å². The Morgan fingerprint density at radius 1 is 1.05 bits per heavy atom. The van der Waals surface area contributed by atoms with Crippen LogP contribution in [-0.2, 0) is 16.0 Å². The van der Waals surface area contributed by atoms with Gasteiger partial charge >= 0.3 is 5.97 Å². The molecule has 0 saturated carbocycles. The van der Waals surface area contributed by atoms with Gasteiger partial charge in [-0.05, 0) is 65.4 Å². The van der Waals surface area contributed by atoms with Gasteiger partial charge in [0.2, 0.25) is 5.91 Å². The lowest BCUT2D eigenvalue weighted by molar-refractivity contribution is -0.141. The SMILES string of the molecule is Cc1ccccc1Nc1nc2ccc(CC(=O)N(C)c3ccc(C4CN(C(=O)c5cccs5)CC4C(=O)O)cc3)cc2o1. The summed E-state index contributed by atoms with van der Waals surface area (Å²) in [6.07, 6.45) is 0.166. The van der Waals surface area contributed by atoms with Crippen molar-refractivity contribution >= 4 is 57.6 Å². The fourth-order valence-electron chi connectivity index (χ4n) is 5.46. The highest BCUT2D eigenvalue weighted by Crippen LogP contribution is 2.35. The van der Waals surface area contributed by atoms with Gasteiger partial charge in [-0.2, -0.15) is 4.98 Å². The van der Waals surface area contributed by atoms with Crippen molar-refractivity contribution in [2.75, 3.05) is 30.4 Å². The number of anilines is 3. The minimum Gasteiger partial charge on any atom is -0.481 e. The molecule has 43 heavy (non-hydrogen) atoms. The second-order valence-corrected chi connectivity index (χ2v) is 11.7. The molecule has 0 bridgehead atoms. The number of para-hydroxylation sites is 1. The van der Waals surface area contributed by atoms with Crippen LogP contribution in [0.4, 0.5) is 17.4 Å². The lowest BCUT2D eigenvalue weighted by Crippen LogP contribution is -2.29. The number of nitrogens with zero attached hydrogens (tertiary/aromatic N) is 3. The third-order valence-corrected chi connectivity index (χ3v) is 8.79. The van der Waals surface area contributed by atoms with Crippen LogP contribution in [0.2, 0.25) is 0 Å². The Morgan fingerprint density at radius 2 is 1.84 bits per heavy atom. The van der Waals surface area contributed by atoms with Gasteiger partial charge in [0.25, 0.3) is 11.9 Å². The quantitative estimate of drug-likeness (QED) is 0.223. The summed E-state index contributed by atoms with van der Waals surface area (Å²) in [6, 6.07) is 24.7. The van der Waals surface area contributed by atoms with Crippen molar-refractivity contribution in [2.24, 2.45) is 5.92 Å². The summed E-state index contributed by atoms with van der Waals surface area (Å²) in [5.41, 5.74) is 5.57. The molecule has 0 radical (unpaired) electrons. The summed E-state index contributed by atoms with van der Waals surface area (Å²) in [5.74, 6) is -2.22. The third-order valence-electron chi connectivity index (χ3n) is 7.93. The van der Waals surface area contributed by atoms with E-state index in [1.807, 2.05) is 85.1 Å². The predicted octanol–water partition coefficient (Wildman–Crippen LogP) is 6.09. The number of oxazole rings is 1. The van der Waals surface area contributed by atoms with Crippen LogP contribution in [0.25, 0.3) is 11.1 Å². The second-order valence-electron chi connectivity index (χ2n) is 10.7. The Hall–Kier alpha value is -4.96. The number of carboxylic acid groups (broad SMARTS) is 1. The maximum absolute atomic E-state index is 13.2. The van der Waals surface area contributed by atoms with Crippen LogP contribution >= 0.6 is 11.3 Å². The number of carbonyl (C=O) groups excluding carboxylic acids is 2. The normalized spacial score (nSPS) is 16.4. The monoisotopic (exact) mass is 594 g/mol. The smallest absolute Gasteiger partial charge is 0.308 e. The largest absolute Gasteiger partial charge is 0.481 e. The molecule has 3 aromatic carbocycles. The number of benzene rings is 3. The number of aryl methyl sites for hydroxylation is 1. The van der Waals surface area contributed by atoms with Crippen molar-refractivity contribution in [1.82, 2.24) is 9.88 Å². The molecule has 1 aliphatic rings. The van der Waals surface area contributed by atoms with Gasteiger partial charge in [0.05, 0.1) is 17.2 Å². The summed E-state index contributed by atoms with van der Waals surface area (Å²) >= 11 is 1.35. The lowest BCUT2D eigenvalue weighted by Gasteiger charge is -2.20. The molecule has 2 amide bonds. The van der Waals surface area contributed by atoms with E-state index in [1.165, 1.54) is 11.3 Å². The second kappa shape index (κ2) is 11.7. The van der Waals surface area contributed by atoms with E-state index in [-0.39, 0.29) is 30.7 Å². The maximum atomic E-state index is 13.2. The van der Waals surface area contributed by atoms with Gasteiger partial charge in [0.15, 0.2) is 5.58 Å². The van der Waals surface area contributed by atoms with Crippen molar-refractivity contribution in [1.29, 1.82) is 0 Å². The number of hydrogen-bond donors (Lipinski definition) is 2. The number of fused-ring (bicyclic) bond motifs is 1. The van der Waals surface area contributed by atoms with Gasteiger partial charge < -0.3 is 24.6 Å². The zero-order chi connectivity index (χ0) is 30.1. The highest BCUT2D eigenvalue weighted by Gasteiger charge is 2.40. The average molecular weight is 595 g/mol. The van der Waals surface area contributed by atoms with Crippen LogP contribution < -0.4 is 10.2 Å². The molecule has 9 nitrogen and oxygen atoms in total. The van der Waals surface area contributed by atoms with Gasteiger partial charge in [-0.1, -0.05) is 42.5 Å². The number of likely N-dealkylation sites (tertiary alicyclic amines) is 1. The van der Waals surface area contributed by atoms with E-state index in [9.17, 15) is 19.5 Å². The number of likely N-dealkylation sites (N-methyl/N-ethyl adjacent to an activating group) is 1. The first-order chi connectivity index (χ1) is 20.8. The van der Waals surface area contributed by atoms with Gasteiger partial charge in [-0.3, -0.25) is 14.4 Å². The predicted molar refractivity (Wildman–Crippen MR) is 166 cm³/mol. The first-order valence-electron chi connectivity index (χ1n) is 13.9. The number of thiophene rings is 1. The van der Waals surface area contributed by atoms with Crippen LogP contribution in [0.3, 0.4) is 0 Å². The summed E-state index contributed by atoms with van der Waals surface area (Å²) in [6.45, 7) is 2.49. The molecule has 10 heteroatoms. The van der Waals surface area contributed by atoms with Crippen molar-refractivity contribution in [3.63, 3.8) is 0 Å². The summed E-state index contributed by atoms with van der Waals surface area (Å²) in [5, 5.41) is 14.9. The summed E-state index contributed by atoms with van der Waals surface area (Å²) in [4.78, 5) is 46.4. The molecule has 2 unspecified atom stereocenters. The van der Waals surface area contributed by atoms with E-state index in [0.29, 0.717) is 34.2 Å². The number of carboxylic acids is 1. The number of rotatable bonds is 8. The molecular weight excluding hydrogens is 564 g/mol. The molecule has 5 aromatic rings. The molecule has 1 fully saturated rings. The number of carbonyl (C=O) groups is 3. The molecular formula is C33H30N4O5S. The van der Waals surface area contributed by atoms with Crippen LogP contribution in [0.15, 0.2) is 88.7 Å². The number of aromatic nitrogens is 1. The number of nitrogens with one attached hydrogen (secondary N) is 1. The van der Waals surface area contributed by atoms with Crippen LogP contribution in [0, 0.1) is 12.8 Å². The van der Waals surface area contributed by atoms with E-state index in [4.69, 9.17) is 4.42 Å². The van der Waals surface area contributed by atoms with E-state index in [2.05, 4.69) is 10.3 Å². The zero-order valence-corrected chi connectivity index (χ0v) is 24.5. The minimum absolute atomic E-state index is 0.109. The first-order valence-corrected chi connectivity index (χ1v) is 14.8. The molecule has 3 heterocycles. The zero-order valence-electron chi connectivity index (χ0n) is 23.7. The standard InChI is InChI=1S/C33H30N4O5S/c1-20-6-3-4-7-26(20)34-33-35-27-14-9-21(16-28(27)42-33)17-30(38)36(2)23-12-10-22(11-13-23)24-18-37(19-25(24)32(40)41)31(39)29-8-5-15-43-29/h3-16,24-25H,17-19H2,1-2H3,(H,34,35)(H,40,41). The average Bonchev–Trinajstić information content (AvgIpc) is 3.77. The highest BCUT2D eigenvalue weighted by molar-refractivity contribution is 7.12. The van der Waals surface area contributed by atoms with Crippen LogP contribution in [-0.4, -0.2) is 52.9 Å². The highest BCUT2D eigenvalue weighted by atomic mass is 32.1. The molecule has 1 aliphatic heterocycles. The Kier molecular flexibility index (Phi) is 7.69. The van der Waals surface area contributed by atoms with Crippen LogP contribution in [0.1, 0.15) is 32.3 Å². The van der Waals surface area contributed by atoms with Crippen molar-refractivity contribution < 1.29 is 23.9 Å². The number of aliphatic carboxylic acids is 1. The van der Waals surface area contributed by atoms with E-state index < -0.39 is 11.9 Å². The summed E-state index contributed by atoms with van der Waals surface area (Å²) < 4.78 is 5.91. The molecule has 2 aromatic heterocycles. The van der Waals surface area contributed by atoms with Crippen molar-refractivity contribution in [3.8, 4) is 0 Å². The first kappa shape index (κ1) is 28.2. The molecule has 218 valence electrons. The van der Waals surface area contributed by atoms with E-state index in [0.717, 1.165) is 22.4 Å². The van der Waals surface area contributed by atoms with Gasteiger partial charge in [0.1, 0.15) is 5.52 Å². The Balaban J connectivity index is 1.12. The Morgan fingerprint density at radius 3 is 2.56 bits per heavy atom. The minimum atomic E-state index is -0.926. The van der Waals surface area contributed by atoms with E-state index in [1.54, 1.807) is 22.9 Å². The molecule has 0 aliphatic carbocycles. The van der Waals surface area contributed by atoms with Gasteiger partial charge in [0, 0.05) is 37.4 Å². The maximum Gasteiger partial charge on any atom is 0.308 e. The van der Waals surface area contributed by atoms with Crippen molar-refractivity contribution in [2.45, 2.75) is 19.3 Å². The Labute approximate surface area is 252 Å². The summed E-state index contributed by atoms with van der Waals surface area (Å²) in [7, 11) is 1.71. The Bertz CT molecular complexity index is 1800. The fraction of sp³-hybridized carbons (Fsp3) is 0.212. The molecule has 1 saturated heterocycles. The molecule has 0 spiro atoms. The molecule has 6 rings (SSSR count). The van der Waals surface area contributed by atoms with Crippen LogP contribution in [0.5, 0.6) is 0 Å². The topological polar surface area (TPSA) is 116 Å². The van der Waals surface area contributed by atoms with Crippen molar-refractivity contribution in [3.05, 3.63) is 106 Å². The molecule has 2 atom stereocenters. The third kappa shape index (κ3) is 5.87. The number of amides is 2. The molecule has 2 N–H and O–H groups in total. The number of hydrogen-bond acceptors (Lipinski definition) is 7. The van der Waals surface area contributed by atoms with Gasteiger partial charge in [-0.15, -0.1) is 11.3 Å². The fourth-order valence-corrected chi connectivity index (χ4v) is 6.15.